The number of benzene rings is 1. The summed E-state index contributed by atoms with van der Waals surface area (Å²) in [4.78, 5) is 11.4. The van der Waals surface area contributed by atoms with Crippen LogP contribution in [0.4, 0.5) is 4.79 Å². The first kappa shape index (κ1) is 13.5. The molecule has 94 valence electrons. The largest absolute Gasteiger partial charge is 0.445 e. The van der Waals surface area contributed by atoms with Gasteiger partial charge < -0.3 is 15.8 Å². The van der Waals surface area contributed by atoms with Gasteiger partial charge >= 0.3 is 6.09 Å². The van der Waals surface area contributed by atoms with E-state index < -0.39 is 6.09 Å². The zero-order valence-corrected chi connectivity index (χ0v) is 10.6. The molecule has 0 aliphatic heterocycles. The van der Waals surface area contributed by atoms with Crippen molar-refractivity contribution in [2.24, 2.45) is 5.73 Å². The summed E-state index contributed by atoms with van der Waals surface area (Å²) in [5, 5.41) is 2.73. The van der Waals surface area contributed by atoms with Gasteiger partial charge in [-0.2, -0.15) is 0 Å². The lowest BCUT2D eigenvalue weighted by Gasteiger charge is -2.20. The molecule has 1 aromatic rings. The second-order valence-corrected chi connectivity index (χ2v) is 4.98. The number of amides is 1. The second-order valence-electron chi connectivity index (χ2n) is 4.98. The van der Waals surface area contributed by atoms with Crippen molar-refractivity contribution in [3.63, 3.8) is 0 Å². The van der Waals surface area contributed by atoms with Crippen molar-refractivity contribution in [3.8, 4) is 0 Å². The first-order chi connectivity index (χ1) is 7.90. The Bertz CT molecular complexity index is 383. The molecular weight excluding hydrogens is 216 g/mol. The number of carbonyl (C=O) groups is 1. The Morgan fingerprint density at radius 2 is 2.00 bits per heavy atom. The van der Waals surface area contributed by atoms with Gasteiger partial charge in [-0.25, -0.2) is 4.79 Å². The fraction of sp³-hybridized carbons (Fsp3) is 0.462. The lowest BCUT2D eigenvalue weighted by Crippen LogP contribution is -2.40. The van der Waals surface area contributed by atoms with Crippen LogP contribution in [0.25, 0.3) is 0 Å². The van der Waals surface area contributed by atoms with E-state index in [1.807, 2.05) is 45.0 Å². The highest BCUT2D eigenvalue weighted by Crippen LogP contribution is 2.07. The van der Waals surface area contributed by atoms with Crippen molar-refractivity contribution in [2.45, 2.75) is 39.5 Å². The van der Waals surface area contributed by atoms with Gasteiger partial charge in [0.2, 0.25) is 0 Å². The third-order valence-corrected chi connectivity index (χ3v) is 2.07. The van der Waals surface area contributed by atoms with E-state index in [0.717, 1.165) is 11.1 Å². The van der Waals surface area contributed by atoms with Crippen LogP contribution in [-0.2, 0) is 17.9 Å². The van der Waals surface area contributed by atoms with Crippen LogP contribution in [0.2, 0.25) is 0 Å². The van der Waals surface area contributed by atoms with Gasteiger partial charge in [0.15, 0.2) is 0 Å². The summed E-state index contributed by atoms with van der Waals surface area (Å²) in [6.07, 6.45) is -0.407. The molecule has 4 heteroatoms. The Labute approximate surface area is 102 Å². The van der Waals surface area contributed by atoms with Crippen LogP contribution in [0.1, 0.15) is 31.9 Å². The number of nitrogens with one attached hydrogen (secondary N) is 1. The molecule has 17 heavy (non-hydrogen) atoms. The molecule has 0 bridgehead atoms. The smallest absolute Gasteiger partial charge is 0.407 e. The van der Waals surface area contributed by atoms with Gasteiger partial charge in [-0.15, -0.1) is 0 Å². The monoisotopic (exact) mass is 236 g/mol. The predicted octanol–water partition coefficient (Wildman–Crippen LogP) is 2.17. The minimum absolute atomic E-state index is 0.260. The summed E-state index contributed by atoms with van der Waals surface area (Å²) in [6, 6.07) is 7.69. The zero-order chi connectivity index (χ0) is 12.9. The standard InChI is InChI=1S/C13H20N2O2/c1-13(2,3)15-12(16)17-9-11-6-4-5-10(7-11)8-14/h4-7H,8-9,14H2,1-3H3,(H,15,16). The van der Waals surface area contributed by atoms with E-state index in [-0.39, 0.29) is 12.1 Å². The molecule has 4 nitrogen and oxygen atoms in total. The fourth-order valence-corrected chi connectivity index (χ4v) is 1.34. The first-order valence-corrected chi connectivity index (χ1v) is 5.63. The van der Waals surface area contributed by atoms with Crippen molar-refractivity contribution in [3.05, 3.63) is 35.4 Å². The van der Waals surface area contributed by atoms with Crippen molar-refractivity contribution < 1.29 is 9.53 Å². The Morgan fingerprint density at radius 1 is 1.35 bits per heavy atom. The molecule has 0 atom stereocenters. The number of alkyl carbamates (subject to hydrolysis) is 1. The van der Waals surface area contributed by atoms with Crippen LogP contribution < -0.4 is 11.1 Å². The van der Waals surface area contributed by atoms with Gasteiger partial charge in [0.05, 0.1) is 0 Å². The molecule has 0 radical (unpaired) electrons. The highest BCUT2D eigenvalue weighted by atomic mass is 16.5. The maximum Gasteiger partial charge on any atom is 0.407 e. The average molecular weight is 236 g/mol. The molecule has 0 aliphatic carbocycles. The Morgan fingerprint density at radius 3 is 2.59 bits per heavy atom. The van der Waals surface area contributed by atoms with Crippen LogP contribution in [0.5, 0.6) is 0 Å². The number of rotatable bonds is 3. The van der Waals surface area contributed by atoms with E-state index in [1.165, 1.54) is 0 Å². The van der Waals surface area contributed by atoms with Crippen LogP contribution in [0, 0.1) is 0 Å². The summed E-state index contributed by atoms with van der Waals surface area (Å²) >= 11 is 0. The molecule has 0 heterocycles. The fourth-order valence-electron chi connectivity index (χ4n) is 1.34. The third-order valence-electron chi connectivity index (χ3n) is 2.07. The van der Waals surface area contributed by atoms with Gasteiger partial charge in [0, 0.05) is 12.1 Å². The lowest BCUT2D eigenvalue weighted by molar-refractivity contribution is 0.131. The number of hydrogen-bond donors (Lipinski definition) is 2. The number of carbonyl (C=O) groups excluding carboxylic acids is 1. The predicted molar refractivity (Wildman–Crippen MR) is 67.4 cm³/mol. The van der Waals surface area contributed by atoms with E-state index in [0.29, 0.717) is 6.54 Å². The molecule has 0 saturated heterocycles. The molecule has 0 aromatic heterocycles. The molecule has 1 amide bonds. The minimum atomic E-state index is -0.407. The molecule has 0 unspecified atom stereocenters. The molecule has 0 aliphatic rings. The summed E-state index contributed by atoms with van der Waals surface area (Å²) in [7, 11) is 0. The zero-order valence-electron chi connectivity index (χ0n) is 10.6. The molecule has 0 spiro atoms. The van der Waals surface area contributed by atoms with Gasteiger partial charge in [-0.1, -0.05) is 24.3 Å². The number of nitrogens with two attached hydrogens (primary N) is 1. The van der Waals surface area contributed by atoms with Crippen LogP contribution in [0.3, 0.4) is 0 Å². The quantitative estimate of drug-likeness (QED) is 0.845. The van der Waals surface area contributed by atoms with E-state index in [2.05, 4.69) is 5.32 Å². The third kappa shape index (κ3) is 5.36. The van der Waals surface area contributed by atoms with Crippen LogP contribution >= 0.6 is 0 Å². The van der Waals surface area contributed by atoms with E-state index in [1.54, 1.807) is 0 Å². The maximum absolute atomic E-state index is 11.4. The molecule has 0 fully saturated rings. The number of ether oxygens (including phenoxy) is 1. The average Bonchev–Trinajstić information content (AvgIpc) is 2.24. The van der Waals surface area contributed by atoms with Crippen LogP contribution in [0.15, 0.2) is 24.3 Å². The highest BCUT2D eigenvalue weighted by Gasteiger charge is 2.14. The SMILES string of the molecule is CC(C)(C)NC(=O)OCc1cccc(CN)c1. The summed E-state index contributed by atoms with van der Waals surface area (Å²) in [5.41, 5.74) is 7.23. The van der Waals surface area contributed by atoms with E-state index in [9.17, 15) is 4.79 Å². The van der Waals surface area contributed by atoms with E-state index in [4.69, 9.17) is 10.5 Å². The molecule has 0 saturated carbocycles. The molecular formula is C13H20N2O2. The topological polar surface area (TPSA) is 64.3 Å². The minimum Gasteiger partial charge on any atom is -0.445 e. The molecule has 1 rings (SSSR count). The van der Waals surface area contributed by atoms with Gasteiger partial charge in [-0.05, 0) is 31.9 Å². The Balaban J connectivity index is 2.47. The molecule has 3 N–H and O–H groups in total. The second kappa shape index (κ2) is 5.68. The van der Waals surface area contributed by atoms with Crippen LogP contribution in [-0.4, -0.2) is 11.6 Å². The molecule has 1 aromatic carbocycles. The normalized spacial score (nSPS) is 11.1. The highest BCUT2D eigenvalue weighted by molar-refractivity contribution is 5.68. The van der Waals surface area contributed by atoms with Crippen molar-refractivity contribution in [1.82, 2.24) is 5.32 Å². The van der Waals surface area contributed by atoms with Gasteiger partial charge in [0.25, 0.3) is 0 Å². The van der Waals surface area contributed by atoms with Gasteiger partial charge in [-0.3, -0.25) is 0 Å². The Kier molecular flexibility index (Phi) is 4.52. The van der Waals surface area contributed by atoms with E-state index >= 15 is 0 Å². The summed E-state index contributed by atoms with van der Waals surface area (Å²) in [6.45, 7) is 6.47. The number of hydrogen-bond acceptors (Lipinski definition) is 3. The van der Waals surface area contributed by atoms with Crippen molar-refractivity contribution >= 4 is 6.09 Å². The summed E-state index contributed by atoms with van der Waals surface area (Å²) < 4.78 is 5.11. The first-order valence-electron chi connectivity index (χ1n) is 5.63. The summed E-state index contributed by atoms with van der Waals surface area (Å²) in [5.74, 6) is 0. The van der Waals surface area contributed by atoms with Crippen molar-refractivity contribution in [1.29, 1.82) is 0 Å². The Hall–Kier alpha value is -1.55. The maximum atomic E-state index is 11.4. The van der Waals surface area contributed by atoms with Crippen molar-refractivity contribution in [2.75, 3.05) is 0 Å². The van der Waals surface area contributed by atoms with Gasteiger partial charge in [0.1, 0.15) is 6.61 Å². The lowest BCUT2D eigenvalue weighted by atomic mass is 10.1.